The number of carboxylic acids is 1. The van der Waals surface area contributed by atoms with Crippen molar-refractivity contribution in [3.05, 3.63) is 58.1 Å². The Bertz CT molecular complexity index is 618. The van der Waals surface area contributed by atoms with Crippen molar-refractivity contribution in [2.45, 2.75) is 6.54 Å². The molecule has 6 heteroatoms. The summed E-state index contributed by atoms with van der Waals surface area (Å²) in [6, 6.07) is 6.69. The van der Waals surface area contributed by atoms with E-state index in [1.807, 2.05) is 5.38 Å². The van der Waals surface area contributed by atoms with Crippen LogP contribution in [0.5, 0.6) is 0 Å². The fourth-order valence-corrected chi connectivity index (χ4v) is 2.07. The quantitative estimate of drug-likeness (QED) is 0.826. The first-order valence-electron chi connectivity index (χ1n) is 5.83. The average Bonchev–Trinajstić information content (AvgIpc) is 2.96. The van der Waals surface area contributed by atoms with Crippen molar-refractivity contribution in [2.24, 2.45) is 0 Å². The largest absolute Gasteiger partial charge is 0.478 e. The number of thiazole rings is 1. The molecule has 1 amide bonds. The molecule has 2 N–H and O–H groups in total. The Morgan fingerprint density at radius 1 is 1.30 bits per heavy atom. The van der Waals surface area contributed by atoms with Crippen LogP contribution in [0.2, 0.25) is 0 Å². The molecule has 1 heterocycles. The molecule has 0 aliphatic heterocycles. The minimum absolute atomic E-state index is 0.186. The summed E-state index contributed by atoms with van der Waals surface area (Å²) in [5.41, 5.74) is 1.25. The van der Waals surface area contributed by atoms with E-state index in [9.17, 15) is 9.59 Å². The number of aliphatic carboxylic acids is 1. The number of rotatable bonds is 5. The molecule has 1 aromatic heterocycles. The van der Waals surface area contributed by atoms with E-state index < -0.39 is 5.97 Å². The molecule has 0 radical (unpaired) electrons. The van der Waals surface area contributed by atoms with Gasteiger partial charge in [0.2, 0.25) is 0 Å². The number of nitrogens with one attached hydrogen (secondary N) is 1. The second kappa shape index (κ2) is 6.63. The number of carbonyl (C=O) groups is 2. The van der Waals surface area contributed by atoms with Gasteiger partial charge in [0.05, 0.1) is 6.54 Å². The summed E-state index contributed by atoms with van der Waals surface area (Å²) in [5, 5.41) is 14.0. The van der Waals surface area contributed by atoms with Crippen molar-refractivity contribution in [2.75, 3.05) is 0 Å². The topological polar surface area (TPSA) is 79.3 Å². The lowest BCUT2D eigenvalue weighted by Crippen LogP contribution is -2.22. The van der Waals surface area contributed by atoms with Crippen molar-refractivity contribution in [3.8, 4) is 0 Å². The second-order valence-corrected chi connectivity index (χ2v) is 4.88. The molecular formula is C14H12N2O3S. The normalized spacial score (nSPS) is 10.6. The third-order valence-corrected chi connectivity index (χ3v) is 3.25. The molecule has 0 aliphatic rings. The van der Waals surface area contributed by atoms with Crippen LogP contribution in [-0.4, -0.2) is 22.0 Å². The van der Waals surface area contributed by atoms with E-state index in [4.69, 9.17) is 5.11 Å². The Balaban J connectivity index is 1.95. The second-order valence-electron chi connectivity index (χ2n) is 3.90. The van der Waals surface area contributed by atoms with Crippen molar-refractivity contribution in [1.82, 2.24) is 10.3 Å². The zero-order valence-corrected chi connectivity index (χ0v) is 11.3. The van der Waals surface area contributed by atoms with E-state index >= 15 is 0 Å². The summed E-state index contributed by atoms with van der Waals surface area (Å²) in [6.07, 6.45) is 4.22. The molecule has 102 valence electrons. The van der Waals surface area contributed by atoms with Crippen molar-refractivity contribution in [1.29, 1.82) is 0 Å². The van der Waals surface area contributed by atoms with Crippen LogP contribution < -0.4 is 5.32 Å². The molecule has 0 unspecified atom stereocenters. The van der Waals surface area contributed by atoms with Gasteiger partial charge in [-0.25, -0.2) is 9.78 Å². The smallest absolute Gasteiger partial charge is 0.328 e. The van der Waals surface area contributed by atoms with Crippen molar-refractivity contribution in [3.63, 3.8) is 0 Å². The highest BCUT2D eigenvalue weighted by atomic mass is 32.1. The van der Waals surface area contributed by atoms with Gasteiger partial charge in [0.15, 0.2) is 0 Å². The monoisotopic (exact) mass is 288 g/mol. The highest BCUT2D eigenvalue weighted by molar-refractivity contribution is 7.09. The van der Waals surface area contributed by atoms with Crippen LogP contribution in [-0.2, 0) is 11.3 Å². The first-order valence-corrected chi connectivity index (χ1v) is 6.71. The molecule has 0 bridgehead atoms. The minimum Gasteiger partial charge on any atom is -0.478 e. The molecule has 20 heavy (non-hydrogen) atoms. The fourth-order valence-electron chi connectivity index (χ4n) is 1.51. The molecule has 1 aromatic carbocycles. The van der Waals surface area contributed by atoms with Gasteiger partial charge in [0, 0.05) is 23.2 Å². The predicted octanol–water partition coefficient (Wildman–Crippen LogP) is 2.17. The zero-order chi connectivity index (χ0) is 14.4. The maximum Gasteiger partial charge on any atom is 0.328 e. The number of carboxylic acid groups (broad SMARTS) is 1. The number of amides is 1. The number of benzene rings is 1. The molecule has 2 aromatic rings. The third-order valence-electron chi connectivity index (χ3n) is 2.47. The van der Waals surface area contributed by atoms with E-state index in [1.165, 1.54) is 17.4 Å². The number of hydrogen-bond acceptors (Lipinski definition) is 4. The molecule has 0 aliphatic carbocycles. The van der Waals surface area contributed by atoms with E-state index in [1.54, 1.807) is 30.5 Å². The Hall–Kier alpha value is -2.47. The van der Waals surface area contributed by atoms with Crippen LogP contribution in [0, 0.1) is 0 Å². The minimum atomic E-state index is -1.00. The number of nitrogens with zero attached hydrogens (tertiary/aromatic N) is 1. The van der Waals surface area contributed by atoms with Crippen LogP contribution in [0.15, 0.2) is 41.9 Å². The average molecular weight is 288 g/mol. The van der Waals surface area contributed by atoms with Gasteiger partial charge in [0.1, 0.15) is 5.01 Å². The molecule has 0 saturated carbocycles. The zero-order valence-electron chi connectivity index (χ0n) is 10.4. The van der Waals surface area contributed by atoms with Crippen molar-refractivity contribution >= 4 is 29.3 Å². The summed E-state index contributed by atoms with van der Waals surface area (Å²) >= 11 is 1.48. The van der Waals surface area contributed by atoms with Crippen LogP contribution in [0.25, 0.3) is 6.08 Å². The number of aromatic nitrogens is 1. The molecule has 0 fully saturated rings. The van der Waals surface area contributed by atoms with Gasteiger partial charge in [-0.05, 0) is 23.8 Å². The highest BCUT2D eigenvalue weighted by Gasteiger charge is 2.05. The number of hydrogen-bond donors (Lipinski definition) is 2. The highest BCUT2D eigenvalue weighted by Crippen LogP contribution is 2.07. The van der Waals surface area contributed by atoms with E-state index in [0.717, 1.165) is 16.6 Å². The van der Waals surface area contributed by atoms with Gasteiger partial charge in [-0.2, -0.15) is 0 Å². The fraction of sp³-hybridized carbons (Fsp3) is 0.0714. The first-order chi connectivity index (χ1) is 9.65. The number of carbonyl (C=O) groups excluding carboxylic acids is 1. The SMILES string of the molecule is O=C(O)C=Cc1ccc(C(=O)NCc2nccs2)cc1. The van der Waals surface area contributed by atoms with Crippen LogP contribution in [0.4, 0.5) is 0 Å². The Morgan fingerprint density at radius 2 is 2.05 bits per heavy atom. The van der Waals surface area contributed by atoms with Crippen LogP contribution in [0.3, 0.4) is 0 Å². The summed E-state index contributed by atoms with van der Waals surface area (Å²) in [4.78, 5) is 26.3. The molecule has 2 rings (SSSR count). The summed E-state index contributed by atoms with van der Waals surface area (Å²) in [6.45, 7) is 0.400. The molecule has 5 nitrogen and oxygen atoms in total. The van der Waals surface area contributed by atoms with E-state index in [2.05, 4.69) is 10.3 Å². The molecule has 0 saturated heterocycles. The van der Waals surface area contributed by atoms with Gasteiger partial charge >= 0.3 is 5.97 Å². The van der Waals surface area contributed by atoms with Gasteiger partial charge in [-0.15, -0.1) is 11.3 Å². The Morgan fingerprint density at radius 3 is 2.65 bits per heavy atom. The van der Waals surface area contributed by atoms with E-state index in [-0.39, 0.29) is 5.91 Å². The molecule has 0 atom stereocenters. The molecule has 0 spiro atoms. The maximum absolute atomic E-state index is 11.9. The van der Waals surface area contributed by atoms with Gasteiger partial charge in [-0.1, -0.05) is 12.1 Å². The summed E-state index contributed by atoms with van der Waals surface area (Å²) in [7, 11) is 0. The third kappa shape index (κ3) is 4.03. The summed E-state index contributed by atoms with van der Waals surface area (Å²) < 4.78 is 0. The van der Waals surface area contributed by atoms with Gasteiger partial charge in [-0.3, -0.25) is 4.79 Å². The van der Waals surface area contributed by atoms with Gasteiger partial charge < -0.3 is 10.4 Å². The molecular weight excluding hydrogens is 276 g/mol. The standard InChI is InChI=1S/C14H12N2O3S/c17-13(18)6-3-10-1-4-11(5-2-10)14(19)16-9-12-15-7-8-20-12/h1-8H,9H2,(H,16,19)(H,17,18). The lowest BCUT2D eigenvalue weighted by atomic mass is 10.1. The van der Waals surface area contributed by atoms with Gasteiger partial charge in [0.25, 0.3) is 5.91 Å². The predicted molar refractivity (Wildman–Crippen MR) is 76.4 cm³/mol. The van der Waals surface area contributed by atoms with E-state index in [0.29, 0.717) is 12.1 Å². The summed E-state index contributed by atoms with van der Waals surface area (Å²) in [5.74, 6) is -1.19. The first kappa shape index (κ1) is 14.0. The Labute approximate surface area is 119 Å². The van der Waals surface area contributed by atoms with Crippen molar-refractivity contribution < 1.29 is 14.7 Å². The Kier molecular flexibility index (Phi) is 4.62. The maximum atomic E-state index is 11.9. The van der Waals surface area contributed by atoms with Crippen LogP contribution in [0.1, 0.15) is 20.9 Å². The van der Waals surface area contributed by atoms with Crippen LogP contribution >= 0.6 is 11.3 Å². The lowest BCUT2D eigenvalue weighted by Gasteiger charge is -2.03. The lowest BCUT2D eigenvalue weighted by molar-refractivity contribution is -0.131.